The highest BCUT2D eigenvalue weighted by atomic mass is 16.7. The molecule has 4 nitrogen and oxygen atoms in total. The van der Waals surface area contributed by atoms with Gasteiger partial charge < -0.3 is 14.6 Å². The lowest BCUT2D eigenvalue weighted by Crippen LogP contribution is -2.36. The first-order valence-electron chi connectivity index (χ1n) is 5.03. The molecule has 0 aliphatic heterocycles. The lowest BCUT2D eigenvalue weighted by Gasteiger charge is -2.32. The summed E-state index contributed by atoms with van der Waals surface area (Å²) in [6.45, 7) is 4.68. The van der Waals surface area contributed by atoms with Gasteiger partial charge in [-0.3, -0.25) is 0 Å². The summed E-state index contributed by atoms with van der Waals surface area (Å²) in [5, 5.41) is 8.89. The molecule has 0 spiro atoms. The van der Waals surface area contributed by atoms with Crippen LogP contribution in [0, 0.1) is 0 Å². The van der Waals surface area contributed by atoms with Gasteiger partial charge in [-0.05, 0) is 19.9 Å². The van der Waals surface area contributed by atoms with E-state index in [1.165, 1.54) is 0 Å². The highest BCUT2D eigenvalue weighted by molar-refractivity contribution is 5.87. The van der Waals surface area contributed by atoms with Gasteiger partial charge in [0.05, 0.1) is 0 Å². The number of carboxylic acids is 1. The number of allylic oxidation sites excluding steroid dienone is 2. The van der Waals surface area contributed by atoms with Crippen LogP contribution in [0.3, 0.4) is 0 Å². The number of carboxylic acid groups (broad SMARTS) is 1. The largest absolute Gasteiger partial charge is 0.478 e. The summed E-state index contributed by atoms with van der Waals surface area (Å²) in [5.41, 5.74) is 0.305. The van der Waals surface area contributed by atoms with Crippen molar-refractivity contribution in [2.24, 2.45) is 0 Å². The number of aliphatic carboxylic acids is 1. The second-order valence-electron chi connectivity index (χ2n) is 3.21. The molecule has 1 rings (SSSR count). The minimum absolute atomic E-state index is 0.251. The fourth-order valence-corrected chi connectivity index (χ4v) is 1.57. The van der Waals surface area contributed by atoms with Crippen LogP contribution in [0.1, 0.15) is 20.3 Å². The normalized spacial score (nSPS) is 18.7. The van der Waals surface area contributed by atoms with E-state index in [9.17, 15) is 4.79 Å². The maximum atomic E-state index is 10.8. The van der Waals surface area contributed by atoms with Crippen LogP contribution in [0.25, 0.3) is 0 Å². The second kappa shape index (κ2) is 5.09. The van der Waals surface area contributed by atoms with Crippen LogP contribution in [-0.4, -0.2) is 30.1 Å². The van der Waals surface area contributed by atoms with E-state index in [4.69, 9.17) is 14.6 Å². The van der Waals surface area contributed by atoms with Gasteiger partial charge in [0, 0.05) is 25.2 Å². The van der Waals surface area contributed by atoms with E-state index in [0.717, 1.165) is 0 Å². The van der Waals surface area contributed by atoms with Crippen molar-refractivity contribution in [3.05, 3.63) is 23.8 Å². The molecule has 0 heterocycles. The number of ether oxygens (including phenoxy) is 2. The predicted octanol–water partition coefficient (Wildman–Crippen LogP) is 1.73. The zero-order valence-corrected chi connectivity index (χ0v) is 9.03. The Kier molecular flexibility index (Phi) is 4.05. The topological polar surface area (TPSA) is 55.8 Å². The SMILES string of the molecule is CCOC1(OCC)C=CC=C(C(=O)O)C1. The molecular formula is C11H16O4. The lowest BCUT2D eigenvalue weighted by molar-refractivity contribution is -0.199. The molecule has 0 aromatic rings. The molecule has 0 atom stereocenters. The van der Waals surface area contributed by atoms with Crippen molar-refractivity contribution in [3.63, 3.8) is 0 Å². The van der Waals surface area contributed by atoms with Crippen molar-refractivity contribution in [1.82, 2.24) is 0 Å². The molecule has 0 unspecified atom stereocenters. The van der Waals surface area contributed by atoms with E-state index in [1.807, 2.05) is 13.8 Å². The molecule has 0 aromatic heterocycles. The van der Waals surface area contributed by atoms with E-state index in [2.05, 4.69) is 0 Å². The first-order chi connectivity index (χ1) is 7.13. The highest BCUT2D eigenvalue weighted by Crippen LogP contribution is 2.28. The molecule has 1 aliphatic carbocycles. The Morgan fingerprint density at radius 2 is 2.07 bits per heavy atom. The van der Waals surface area contributed by atoms with Crippen molar-refractivity contribution in [2.45, 2.75) is 26.1 Å². The summed E-state index contributed by atoms with van der Waals surface area (Å²) < 4.78 is 11.0. The minimum atomic E-state index is -0.928. The smallest absolute Gasteiger partial charge is 0.331 e. The molecule has 84 valence electrons. The Balaban J connectivity index is 2.81. The van der Waals surface area contributed by atoms with Gasteiger partial charge in [-0.15, -0.1) is 0 Å². The standard InChI is InChI=1S/C11H16O4/c1-3-14-11(15-4-2)7-5-6-9(8-11)10(12)13/h5-7H,3-4,8H2,1-2H3,(H,12,13). The van der Waals surface area contributed by atoms with Crippen LogP contribution >= 0.6 is 0 Å². The van der Waals surface area contributed by atoms with Crippen molar-refractivity contribution in [1.29, 1.82) is 0 Å². The van der Waals surface area contributed by atoms with Gasteiger partial charge in [0.2, 0.25) is 0 Å². The second-order valence-corrected chi connectivity index (χ2v) is 3.21. The van der Waals surface area contributed by atoms with Crippen LogP contribution in [0.15, 0.2) is 23.8 Å². The first-order valence-corrected chi connectivity index (χ1v) is 5.03. The summed E-state index contributed by atoms with van der Waals surface area (Å²) in [6.07, 6.45) is 5.24. The zero-order chi connectivity index (χ0) is 11.3. The quantitative estimate of drug-likeness (QED) is 0.705. The summed E-state index contributed by atoms with van der Waals surface area (Å²) >= 11 is 0. The monoisotopic (exact) mass is 212 g/mol. The number of carbonyl (C=O) groups is 1. The number of rotatable bonds is 5. The third-order valence-electron chi connectivity index (χ3n) is 2.14. The van der Waals surface area contributed by atoms with Gasteiger partial charge in [-0.2, -0.15) is 0 Å². The molecule has 0 bridgehead atoms. The molecular weight excluding hydrogens is 196 g/mol. The van der Waals surface area contributed by atoms with Crippen LogP contribution in [-0.2, 0) is 14.3 Å². The molecule has 0 amide bonds. The van der Waals surface area contributed by atoms with Gasteiger partial charge in [-0.25, -0.2) is 4.79 Å². The van der Waals surface area contributed by atoms with Crippen LogP contribution < -0.4 is 0 Å². The summed E-state index contributed by atoms with van der Waals surface area (Å²) in [5.74, 6) is -1.82. The fourth-order valence-electron chi connectivity index (χ4n) is 1.57. The Labute approximate surface area is 89.2 Å². The molecule has 0 saturated heterocycles. The molecule has 0 radical (unpaired) electrons. The van der Waals surface area contributed by atoms with Crippen LogP contribution in [0.2, 0.25) is 0 Å². The van der Waals surface area contributed by atoms with Gasteiger partial charge in [0.15, 0.2) is 5.79 Å². The van der Waals surface area contributed by atoms with Crippen molar-refractivity contribution in [3.8, 4) is 0 Å². The molecule has 0 saturated carbocycles. The fraction of sp³-hybridized carbons (Fsp3) is 0.545. The molecule has 0 aromatic carbocycles. The Bertz CT molecular complexity index is 285. The van der Waals surface area contributed by atoms with E-state index in [0.29, 0.717) is 18.8 Å². The number of hydrogen-bond donors (Lipinski definition) is 1. The van der Waals surface area contributed by atoms with E-state index < -0.39 is 11.8 Å². The Morgan fingerprint density at radius 1 is 1.47 bits per heavy atom. The zero-order valence-electron chi connectivity index (χ0n) is 9.03. The first kappa shape index (κ1) is 11.9. The van der Waals surface area contributed by atoms with Crippen LogP contribution in [0.4, 0.5) is 0 Å². The summed E-state index contributed by atoms with van der Waals surface area (Å²) in [6, 6.07) is 0. The number of hydrogen-bond acceptors (Lipinski definition) is 3. The van der Waals surface area contributed by atoms with E-state index in [-0.39, 0.29) is 6.42 Å². The average Bonchev–Trinajstić information content (AvgIpc) is 2.18. The molecule has 0 fully saturated rings. The van der Waals surface area contributed by atoms with Crippen molar-refractivity contribution in [2.75, 3.05) is 13.2 Å². The van der Waals surface area contributed by atoms with Gasteiger partial charge in [0.25, 0.3) is 0 Å². The van der Waals surface area contributed by atoms with Crippen LogP contribution in [0.5, 0.6) is 0 Å². The Hall–Kier alpha value is -1.13. The van der Waals surface area contributed by atoms with Crippen molar-refractivity contribution < 1.29 is 19.4 Å². The molecule has 1 N–H and O–H groups in total. The summed E-state index contributed by atoms with van der Waals surface area (Å²) in [4.78, 5) is 10.8. The maximum Gasteiger partial charge on any atom is 0.331 e. The molecule has 15 heavy (non-hydrogen) atoms. The van der Waals surface area contributed by atoms with Gasteiger partial charge >= 0.3 is 5.97 Å². The van der Waals surface area contributed by atoms with Gasteiger partial charge in [-0.1, -0.05) is 12.2 Å². The highest BCUT2D eigenvalue weighted by Gasteiger charge is 2.33. The molecule has 1 aliphatic rings. The van der Waals surface area contributed by atoms with Crippen molar-refractivity contribution >= 4 is 5.97 Å². The third kappa shape index (κ3) is 2.91. The third-order valence-corrected chi connectivity index (χ3v) is 2.14. The van der Waals surface area contributed by atoms with E-state index in [1.54, 1.807) is 18.2 Å². The average molecular weight is 212 g/mol. The Morgan fingerprint density at radius 3 is 2.53 bits per heavy atom. The predicted molar refractivity (Wildman–Crippen MR) is 55.5 cm³/mol. The van der Waals surface area contributed by atoms with E-state index >= 15 is 0 Å². The van der Waals surface area contributed by atoms with Gasteiger partial charge in [0.1, 0.15) is 0 Å². The lowest BCUT2D eigenvalue weighted by atomic mass is 9.99. The minimum Gasteiger partial charge on any atom is -0.478 e. The maximum absolute atomic E-state index is 10.8. The summed E-state index contributed by atoms with van der Waals surface area (Å²) in [7, 11) is 0. The molecule has 4 heteroatoms.